The Labute approximate surface area is 103 Å². The lowest BCUT2D eigenvalue weighted by Gasteiger charge is -2.01. The lowest BCUT2D eigenvalue weighted by Crippen LogP contribution is -1.88. The number of benzene rings is 1. The average Bonchev–Trinajstić information content (AvgIpc) is 2.34. The van der Waals surface area contributed by atoms with Crippen LogP contribution in [0.4, 0.5) is 5.69 Å². The third kappa shape index (κ3) is 7.33. The Balaban J connectivity index is 0. The molecule has 1 aromatic carbocycles. The maximum Gasteiger partial charge on any atom is 0.0314 e. The molecule has 0 heterocycles. The van der Waals surface area contributed by atoms with Crippen molar-refractivity contribution >= 4 is 5.69 Å². The van der Waals surface area contributed by atoms with Gasteiger partial charge in [-0.25, -0.2) is 0 Å². The molecule has 16 heavy (non-hydrogen) atoms. The maximum atomic E-state index is 5.62. The molecule has 0 atom stereocenters. The van der Waals surface area contributed by atoms with Crippen LogP contribution in [-0.2, 0) is 6.42 Å². The van der Waals surface area contributed by atoms with Gasteiger partial charge in [-0.2, -0.15) is 0 Å². The zero-order valence-corrected chi connectivity index (χ0v) is 11.1. The minimum absolute atomic E-state index is 0. The summed E-state index contributed by atoms with van der Waals surface area (Å²) < 4.78 is 0. The molecule has 0 radical (unpaired) electrons. The van der Waals surface area contributed by atoms with E-state index in [1.165, 1.54) is 44.1 Å². The summed E-state index contributed by atoms with van der Waals surface area (Å²) in [5, 5.41) is 0. The molecule has 0 saturated carbocycles. The molecule has 0 spiro atoms. The highest BCUT2D eigenvalue weighted by Crippen LogP contribution is 2.10. The van der Waals surface area contributed by atoms with E-state index in [0.29, 0.717) is 0 Å². The van der Waals surface area contributed by atoms with E-state index < -0.39 is 0 Å². The molecule has 1 aromatic rings. The summed E-state index contributed by atoms with van der Waals surface area (Å²) >= 11 is 0. The van der Waals surface area contributed by atoms with Crippen LogP contribution < -0.4 is 5.73 Å². The minimum Gasteiger partial charge on any atom is -0.399 e. The lowest BCUT2D eigenvalue weighted by molar-refractivity contribution is 0.632. The molecule has 1 heteroatoms. The summed E-state index contributed by atoms with van der Waals surface area (Å²) in [5.41, 5.74) is 7.89. The third-order valence-corrected chi connectivity index (χ3v) is 2.55. The molecular weight excluding hydrogens is 194 g/mol. The van der Waals surface area contributed by atoms with Crippen LogP contribution in [0.3, 0.4) is 0 Å². The molecule has 0 saturated heterocycles. The second-order valence-corrected chi connectivity index (χ2v) is 3.91. The first kappa shape index (κ1) is 15.0. The first-order valence-corrected chi connectivity index (χ1v) is 6.67. The van der Waals surface area contributed by atoms with Crippen molar-refractivity contribution in [2.75, 3.05) is 5.73 Å². The summed E-state index contributed by atoms with van der Waals surface area (Å²) in [6.07, 6.45) is 7.95. The van der Waals surface area contributed by atoms with Crippen molar-refractivity contribution in [1.29, 1.82) is 0 Å². The summed E-state index contributed by atoms with van der Waals surface area (Å²) in [6, 6.07) is 8.24. The topological polar surface area (TPSA) is 26.0 Å². The Hall–Kier alpha value is -0.980. The fourth-order valence-corrected chi connectivity index (χ4v) is 1.62. The molecule has 2 N–H and O–H groups in total. The van der Waals surface area contributed by atoms with E-state index in [-0.39, 0.29) is 1.43 Å². The van der Waals surface area contributed by atoms with Crippen molar-refractivity contribution in [3.63, 3.8) is 0 Å². The van der Waals surface area contributed by atoms with Gasteiger partial charge in [-0.15, -0.1) is 0 Å². The van der Waals surface area contributed by atoms with Gasteiger partial charge >= 0.3 is 0 Å². The van der Waals surface area contributed by atoms with Crippen molar-refractivity contribution in [2.45, 2.75) is 59.3 Å². The molecule has 0 fully saturated rings. The van der Waals surface area contributed by atoms with Gasteiger partial charge in [-0.05, 0) is 30.5 Å². The zero-order valence-electron chi connectivity index (χ0n) is 11.1. The summed E-state index contributed by atoms with van der Waals surface area (Å²) in [6.45, 7) is 6.25. The lowest BCUT2D eigenvalue weighted by atomic mass is 10.1. The third-order valence-electron chi connectivity index (χ3n) is 2.55. The van der Waals surface area contributed by atoms with Crippen LogP contribution in [0.15, 0.2) is 24.3 Å². The molecule has 0 aliphatic heterocycles. The molecular formula is C15H29N. The quantitative estimate of drug-likeness (QED) is 0.530. The summed E-state index contributed by atoms with van der Waals surface area (Å²) in [5.74, 6) is 0. The average molecular weight is 223 g/mol. The zero-order chi connectivity index (χ0) is 12.2. The molecule has 0 aromatic heterocycles. The van der Waals surface area contributed by atoms with Crippen molar-refractivity contribution in [1.82, 2.24) is 0 Å². The van der Waals surface area contributed by atoms with Crippen LogP contribution >= 0.6 is 0 Å². The number of rotatable bonds is 6. The minimum atomic E-state index is 0. The van der Waals surface area contributed by atoms with E-state index >= 15 is 0 Å². The number of hydrogen-bond acceptors (Lipinski definition) is 1. The number of aryl methyl sites for hydroxylation is 1. The smallest absolute Gasteiger partial charge is 0.0314 e. The van der Waals surface area contributed by atoms with E-state index in [1.807, 2.05) is 26.0 Å². The van der Waals surface area contributed by atoms with E-state index in [0.717, 1.165) is 5.69 Å². The highest BCUT2D eigenvalue weighted by molar-refractivity contribution is 5.39. The van der Waals surface area contributed by atoms with Crippen LogP contribution in [0.2, 0.25) is 0 Å². The van der Waals surface area contributed by atoms with Crippen LogP contribution in [-0.4, -0.2) is 0 Å². The normalized spacial score (nSPS) is 9.44. The first-order chi connectivity index (χ1) is 7.83. The van der Waals surface area contributed by atoms with Crippen LogP contribution in [0.5, 0.6) is 0 Å². The van der Waals surface area contributed by atoms with Gasteiger partial charge in [0.1, 0.15) is 0 Å². The van der Waals surface area contributed by atoms with E-state index in [4.69, 9.17) is 5.73 Å². The van der Waals surface area contributed by atoms with Gasteiger partial charge in [-0.3, -0.25) is 0 Å². The SMILES string of the molecule is CC.CCCCCCCc1ccc(N)cc1.[HH]. The van der Waals surface area contributed by atoms with Crippen molar-refractivity contribution in [3.05, 3.63) is 29.8 Å². The van der Waals surface area contributed by atoms with Gasteiger partial charge in [0.2, 0.25) is 0 Å². The molecule has 0 amide bonds. The standard InChI is InChI=1S/C13H21N.C2H6.H2/c1-2-3-4-5-6-7-12-8-10-13(14)11-9-12;1-2;/h8-11H,2-7,14H2,1H3;1-2H3;1H. The van der Waals surface area contributed by atoms with E-state index in [1.54, 1.807) is 0 Å². The Morgan fingerprint density at radius 2 is 1.50 bits per heavy atom. The van der Waals surface area contributed by atoms with Gasteiger partial charge in [0.25, 0.3) is 0 Å². The number of nitrogen functional groups attached to an aromatic ring is 1. The maximum absolute atomic E-state index is 5.62. The first-order valence-electron chi connectivity index (χ1n) is 6.67. The Morgan fingerprint density at radius 3 is 2.06 bits per heavy atom. The highest BCUT2D eigenvalue weighted by Gasteiger charge is 1.93. The number of hydrogen-bond donors (Lipinski definition) is 1. The van der Waals surface area contributed by atoms with Gasteiger partial charge in [0, 0.05) is 7.11 Å². The van der Waals surface area contributed by atoms with Crippen molar-refractivity contribution in [2.24, 2.45) is 0 Å². The largest absolute Gasteiger partial charge is 0.399 e. The number of nitrogens with two attached hydrogens (primary N) is 1. The highest BCUT2D eigenvalue weighted by atomic mass is 14.5. The summed E-state index contributed by atoms with van der Waals surface area (Å²) in [4.78, 5) is 0. The van der Waals surface area contributed by atoms with Crippen molar-refractivity contribution in [3.8, 4) is 0 Å². The number of unbranched alkanes of at least 4 members (excludes halogenated alkanes) is 4. The molecule has 0 aliphatic rings. The fourth-order valence-electron chi connectivity index (χ4n) is 1.62. The molecule has 94 valence electrons. The van der Waals surface area contributed by atoms with Crippen LogP contribution in [0, 0.1) is 0 Å². The predicted octanol–water partition coefficient (Wildman–Crippen LogP) is 5.05. The van der Waals surface area contributed by atoms with Crippen LogP contribution in [0.25, 0.3) is 0 Å². The molecule has 0 unspecified atom stereocenters. The Morgan fingerprint density at radius 1 is 0.938 bits per heavy atom. The Bertz CT molecular complexity index is 244. The molecule has 0 aliphatic carbocycles. The van der Waals surface area contributed by atoms with E-state index in [2.05, 4.69) is 19.1 Å². The second-order valence-electron chi connectivity index (χ2n) is 3.91. The molecule has 1 nitrogen and oxygen atoms in total. The van der Waals surface area contributed by atoms with Gasteiger partial charge in [-0.1, -0.05) is 58.6 Å². The molecule has 0 bridgehead atoms. The van der Waals surface area contributed by atoms with E-state index in [9.17, 15) is 0 Å². The Kier molecular flexibility index (Phi) is 9.89. The predicted molar refractivity (Wildman–Crippen MR) is 76.8 cm³/mol. The van der Waals surface area contributed by atoms with Gasteiger partial charge < -0.3 is 5.73 Å². The fraction of sp³-hybridized carbons (Fsp3) is 0.600. The molecule has 1 rings (SSSR count). The van der Waals surface area contributed by atoms with Crippen LogP contribution in [0.1, 0.15) is 59.9 Å². The van der Waals surface area contributed by atoms with Crippen molar-refractivity contribution < 1.29 is 1.43 Å². The number of anilines is 1. The van der Waals surface area contributed by atoms with Gasteiger partial charge in [0.05, 0.1) is 0 Å². The monoisotopic (exact) mass is 223 g/mol. The summed E-state index contributed by atoms with van der Waals surface area (Å²) in [7, 11) is 0. The second kappa shape index (κ2) is 10.5. The van der Waals surface area contributed by atoms with Gasteiger partial charge in [0.15, 0.2) is 0 Å².